The van der Waals surface area contributed by atoms with Gasteiger partial charge in [-0.2, -0.15) is 0 Å². The highest BCUT2D eigenvalue weighted by molar-refractivity contribution is 5.82. The molecule has 0 amide bonds. The summed E-state index contributed by atoms with van der Waals surface area (Å²) in [5, 5.41) is 12.3. The fourth-order valence-electron chi connectivity index (χ4n) is 2.72. The third-order valence-electron chi connectivity index (χ3n) is 4.26. The second kappa shape index (κ2) is 6.72. The first-order valence-electron chi connectivity index (χ1n) is 7.33. The summed E-state index contributed by atoms with van der Waals surface area (Å²) in [5.41, 5.74) is -0.698. The third-order valence-corrected chi connectivity index (χ3v) is 4.26. The van der Waals surface area contributed by atoms with E-state index in [9.17, 15) is 23.1 Å². The highest BCUT2D eigenvalue weighted by atomic mass is 19.2. The molecule has 1 fully saturated rings. The lowest BCUT2D eigenvalue weighted by Crippen LogP contribution is -2.34. The number of nitrogens with one attached hydrogen (secondary N) is 1. The zero-order valence-corrected chi connectivity index (χ0v) is 12.8. The van der Waals surface area contributed by atoms with E-state index in [-0.39, 0.29) is 12.1 Å². The predicted octanol–water partition coefficient (Wildman–Crippen LogP) is 2.47. The van der Waals surface area contributed by atoms with Crippen molar-refractivity contribution in [1.29, 1.82) is 0 Å². The molecule has 1 heterocycles. The van der Waals surface area contributed by atoms with E-state index in [1.807, 2.05) is 0 Å². The standard InChI is InChI=1S/C16H19F3N2O2/c1-3-5-20-13(8-21-9-16(21,4-2)15(22)23)10-6-11(17)14(19)12(18)7-10/h3,6-7,13,20H,1,4-5,8-9H2,2H3,(H,22,23)/t13?,16?,21-/m0/s1. The molecule has 1 aliphatic heterocycles. The van der Waals surface area contributed by atoms with Crippen molar-refractivity contribution in [3.05, 3.63) is 47.8 Å². The summed E-state index contributed by atoms with van der Waals surface area (Å²) < 4.78 is 40.0. The Morgan fingerprint density at radius 1 is 1.48 bits per heavy atom. The van der Waals surface area contributed by atoms with Gasteiger partial charge in [-0.1, -0.05) is 13.0 Å². The van der Waals surface area contributed by atoms with Crippen LogP contribution in [0.4, 0.5) is 13.2 Å². The van der Waals surface area contributed by atoms with E-state index in [0.717, 1.165) is 12.1 Å². The van der Waals surface area contributed by atoms with Crippen molar-refractivity contribution in [2.24, 2.45) is 0 Å². The molecule has 0 spiro atoms. The van der Waals surface area contributed by atoms with E-state index in [2.05, 4.69) is 11.9 Å². The first-order valence-corrected chi connectivity index (χ1v) is 7.33. The summed E-state index contributed by atoms with van der Waals surface area (Å²) >= 11 is 0. The first-order chi connectivity index (χ1) is 10.9. The number of hydrogen-bond donors (Lipinski definition) is 2. The average Bonchev–Trinajstić information content (AvgIpc) is 3.23. The molecule has 0 aliphatic carbocycles. The second-order valence-electron chi connectivity index (χ2n) is 5.62. The fourth-order valence-corrected chi connectivity index (χ4v) is 2.72. The molecule has 7 heteroatoms. The molecule has 1 aromatic rings. The molecule has 0 saturated carbocycles. The molecule has 2 N–H and O–H groups in total. The van der Waals surface area contributed by atoms with Crippen LogP contribution in [0.2, 0.25) is 0 Å². The van der Waals surface area contributed by atoms with Crippen LogP contribution in [0.5, 0.6) is 0 Å². The lowest BCUT2D eigenvalue weighted by Gasteiger charge is -2.21. The lowest BCUT2D eigenvalue weighted by atomic mass is 10.0. The largest absolute Gasteiger partial charge is 0.480 e. The molecule has 2 unspecified atom stereocenters. The maximum atomic E-state index is 13.5. The molecule has 0 bridgehead atoms. The number of rotatable bonds is 8. The van der Waals surface area contributed by atoms with Crippen molar-refractivity contribution in [3.63, 3.8) is 0 Å². The van der Waals surface area contributed by atoms with Crippen molar-refractivity contribution >= 4 is 5.97 Å². The van der Waals surface area contributed by atoms with Crippen LogP contribution in [0.15, 0.2) is 24.8 Å². The molecule has 4 nitrogen and oxygen atoms in total. The summed E-state index contributed by atoms with van der Waals surface area (Å²) in [6.45, 7) is 6.33. The van der Waals surface area contributed by atoms with Crippen LogP contribution in [0, 0.1) is 17.5 Å². The Hall–Kier alpha value is -1.86. The minimum Gasteiger partial charge on any atom is -0.480 e. The summed E-state index contributed by atoms with van der Waals surface area (Å²) in [5.74, 6) is -4.97. The van der Waals surface area contributed by atoms with E-state index in [1.54, 1.807) is 17.9 Å². The molecule has 1 aromatic carbocycles. The van der Waals surface area contributed by atoms with Gasteiger partial charge in [-0.3, -0.25) is 9.69 Å². The van der Waals surface area contributed by atoms with Gasteiger partial charge in [-0.05, 0) is 24.1 Å². The van der Waals surface area contributed by atoms with Crippen LogP contribution in [0.25, 0.3) is 0 Å². The van der Waals surface area contributed by atoms with Gasteiger partial charge < -0.3 is 10.4 Å². The van der Waals surface area contributed by atoms with Crippen molar-refractivity contribution in [2.75, 3.05) is 19.6 Å². The highest BCUT2D eigenvalue weighted by Crippen LogP contribution is 2.37. The van der Waals surface area contributed by atoms with Gasteiger partial charge in [-0.15, -0.1) is 6.58 Å². The fraction of sp³-hybridized carbons (Fsp3) is 0.438. The SMILES string of the molecule is C=CCNC(C[N@@]1CC1(CC)C(=O)O)c1cc(F)c(F)c(F)c1. The lowest BCUT2D eigenvalue weighted by molar-refractivity contribution is -0.141. The molecule has 3 atom stereocenters. The number of carboxylic acids is 1. The van der Waals surface area contributed by atoms with E-state index < -0.39 is 35.0 Å². The van der Waals surface area contributed by atoms with Crippen molar-refractivity contribution in [3.8, 4) is 0 Å². The predicted molar refractivity (Wildman–Crippen MR) is 79.5 cm³/mol. The van der Waals surface area contributed by atoms with Crippen LogP contribution >= 0.6 is 0 Å². The van der Waals surface area contributed by atoms with Gasteiger partial charge in [0.25, 0.3) is 0 Å². The van der Waals surface area contributed by atoms with Crippen LogP contribution in [0.3, 0.4) is 0 Å². The summed E-state index contributed by atoms with van der Waals surface area (Å²) in [6.07, 6.45) is 2.01. The van der Waals surface area contributed by atoms with Gasteiger partial charge in [0.1, 0.15) is 5.54 Å². The van der Waals surface area contributed by atoms with E-state index >= 15 is 0 Å². The molecule has 0 radical (unpaired) electrons. The highest BCUT2D eigenvalue weighted by Gasteiger charge is 2.57. The molecule has 0 aromatic heterocycles. The maximum Gasteiger partial charge on any atom is 0.325 e. The number of carbonyl (C=O) groups is 1. The van der Waals surface area contributed by atoms with Crippen LogP contribution in [0.1, 0.15) is 24.9 Å². The Bertz CT molecular complexity index is 600. The number of halogens is 3. The van der Waals surface area contributed by atoms with Gasteiger partial charge >= 0.3 is 5.97 Å². The molecular weight excluding hydrogens is 309 g/mol. The Morgan fingerprint density at radius 3 is 2.52 bits per heavy atom. The van der Waals surface area contributed by atoms with Crippen LogP contribution < -0.4 is 5.32 Å². The number of hydrogen-bond acceptors (Lipinski definition) is 3. The zero-order valence-electron chi connectivity index (χ0n) is 12.8. The van der Waals surface area contributed by atoms with Crippen molar-refractivity contribution < 1.29 is 23.1 Å². The maximum absolute atomic E-state index is 13.5. The van der Waals surface area contributed by atoms with Gasteiger partial charge in [0.15, 0.2) is 17.5 Å². The van der Waals surface area contributed by atoms with Gasteiger partial charge in [0.2, 0.25) is 0 Å². The van der Waals surface area contributed by atoms with Crippen LogP contribution in [-0.4, -0.2) is 41.1 Å². The topological polar surface area (TPSA) is 52.3 Å². The van der Waals surface area contributed by atoms with E-state index in [0.29, 0.717) is 19.5 Å². The monoisotopic (exact) mass is 328 g/mol. The molecule has 1 saturated heterocycles. The second-order valence-corrected chi connectivity index (χ2v) is 5.62. The zero-order chi connectivity index (χ0) is 17.2. The molecule has 126 valence electrons. The molecular formula is C16H19F3N2O2. The Balaban J connectivity index is 2.22. The molecule has 1 aliphatic rings. The molecule has 2 rings (SSSR count). The minimum absolute atomic E-state index is 0.227. The quantitative estimate of drug-likeness (QED) is 0.437. The van der Waals surface area contributed by atoms with Crippen molar-refractivity contribution in [2.45, 2.75) is 24.9 Å². The number of aliphatic carboxylic acids is 1. The Morgan fingerprint density at radius 2 is 2.09 bits per heavy atom. The van der Waals surface area contributed by atoms with Crippen molar-refractivity contribution in [1.82, 2.24) is 10.2 Å². The number of carboxylic acid groups (broad SMARTS) is 1. The molecule has 23 heavy (non-hydrogen) atoms. The Kier molecular flexibility index (Phi) is 5.11. The van der Waals surface area contributed by atoms with Gasteiger partial charge in [0, 0.05) is 25.7 Å². The summed E-state index contributed by atoms with van der Waals surface area (Å²) in [4.78, 5) is 13.1. The average molecular weight is 328 g/mol. The summed E-state index contributed by atoms with van der Waals surface area (Å²) in [7, 11) is 0. The smallest absolute Gasteiger partial charge is 0.325 e. The Labute approximate surface area is 132 Å². The normalized spacial score (nSPS) is 24.3. The van der Waals surface area contributed by atoms with Crippen LogP contribution in [-0.2, 0) is 4.79 Å². The van der Waals surface area contributed by atoms with Gasteiger partial charge in [0.05, 0.1) is 0 Å². The minimum atomic E-state index is -1.52. The first kappa shape index (κ1) is 17.5. The van der Waals surface area contributed by atoms with E-state index in [1.165, 1.54) is 0 Å². The number of nitrogens with zero attached hydrogens (tertiary/aromatic N) is 1. The van der Waals surface area contributed by atoms with Gasteiger partial charge in [-0.25, -0.2) is 13.2 Å². The summed E-state index contributed by atoms with van der Waals surface area (Å²) in [6, 6.07) is 1.32. The van der Waals surface area contributed by atoms with E-state index in [4.69, 9.17) is 0 Å². The third kappa shape index (κ3) is 3.40. The number of benzene rings is 1.